The molecule has 0 atom stereocenters. The summed E-state index contributed by atoms with van der Waals surface area (Å²) in [6.45, 7) is 1.64. The summed E-state index contributed by atoms with van der Waals surface area (Å²) >= 11 is 0. The third kappa shape index (κ3) is 3.87. The van der Waals surface area contributed by atoms with Crippen molar-refractivity contribution in [2.75, 3.05) is 0 Å². The number of Topliss-reactive ketones (excluding diaryl/α,β-unsaturated/α-hetero) is 1. The second-order valence-corrected chi connectivity index (χ2v) is 3.43. The van der Waals surface area contributed by atoms with Crippen LogP contribution in [-0.2, 0) is 18.3 Å². The van der Waals surface area contributed by atoms with E-state index in [1.165, 1.54) is 5.56 Å². The summed E-state index contributed by atoms with van der Waals surface area (Å²) in [5.41, 5.74) is 1.26. The van der Waals surface area contributed by atoms with Crippen LogP contribution in [0.1, 0.15) is 31.7 Å². The lowest BCUT2D eigenvalue weighted by Crippen LogP contribution is -1.91. The highest BCUT2D eigenvalue weighted by molar-refractivity contribution is 5.75. The van der Waals surface area contributed by atoms with E-state index in [1.54, 1.807) is 11.6 Å². The van der Waals surface area contributed by atoms with Crippen LogP contribution in [0.25, 0.3) is 0 Å². The molecule has 0 aliphatic heterocycles. The van der Waals surface area contributed by atoms with E-state index in [0.717, 1.165) is 19.3 Å². The molecule has 13 heavy (non-hydrogen) atoms. The van der Waals surface area contributed by atoms with Gasteiger partial charge in [0.25, 0.3) is 0 Å². The van der Waals surface area contributed by atoms with Gasteiger partial charge in [-0.15, -0.1) is 0 Å². The topological polar surface area (TPSA) is 34.9 Å². The standard InChI is InChI=1S/C10H16N2O/c1-9(13)5-3-4-6-10-7-11-12(2)8-10/h7-8H,3-6H2,1-2H3. The second-order valence-electron chi connectivity index (χ2n) is 3.43. The van der Waals surface area contributed by atoms with Crippen molar-refractivity contribution < 1.29 is 4.79 Å². The number of rotatable bonds is 5. The van der Waals surface area contributed by atoms with E-state index in [-0.39, 0.29) is 5.78 Å². The Kier molecular flexibility index (Phi) is 3.68. The fourth-order valence-corrected chi connectivity index (χ4v) is 1.30. The summed E-state index contributed by atoms with van der Waals surface area (Å²) in [6, 6.07) is 0. The summed E-state index contributed by atoms with van der Waals surface area (Å²) in [4.78, 5) is 10.6. The fraction of sp³-hybridized carbons (Fsp3) is 0.600. The molecule has 1 heterocycles. The first kappa shape index (κ1) is 9.96. The van der Waals surface area contributed by atoms with Gasteiger partial charge < -0.3 is 4.79 Å². The van der Waals surface area contributed by atoms with E-state index in [2.05, 4.69) is 5.10 Å². The summed E-state index contributed by atoms with van der Waals surface area (Å²) in [6.07, 6.45) is 7.71. The largest absolute Gasteiger partial charge is 0.300 e. The summed E-state index contributed by atoms with van der Waals surface area (Å²) < 4.78 is 1.81. The average molecular weight is 180 g/mol. The minimum atomic E-state index is 0.284. The molecule has 3 nitrogen and oxygen atoms in total. The molecule has 0 fully saturated rings. The Balaban J connectivity index is 2.16. The molecule has 1 rings (SSSR count). The molecule has 0 bridgehead atoms. The van der Waals surface area contributed by atoms with Crippen LogP contribution in [0.3, 0.4) is 0 Å². The average Bonchev–Trinajstić information content (AvgIpc) is 2.45. The van der Waals surface area contributed by atoms with Crippen LogP contribution < -0.4 is 0 Å². The van der Waals surface area contributed by atoms with Crippen LogP contribution >= 0.6 is 0 Å². The number of carbonyl (C=O) groups excluding carboxylic acids is 1. The molecule has 0 N–H and O–H groups in total. The minimum absolute atomic E-state index is 0.284. The molecule has 1 aromatic rings. The molecule has 0 saturated carbocycles. The number of carbonyl (C=O) groups is 1. The second kappa shape index (κ2) is 4.80. The monoisotopic (exact) mass is 180 g/mol. The number of hydrogen-bond acceptors (Lipinski definition) is 2. The molecular formula is C10H16N2O. The normalized spacial score (nSPS) is 10.3. The van der Waals surface area contributed by atoms with Crippen molar-refractivity contribution in [2.24, 2.45) is 7.05 Å². The van der Waals surface area contributed by atoms with Crippen molar-refractivity contribution in [1.29, 1.82) is 0 Å². The Morgan fingerprint density at radius 1 is 1.54 bits per heavy atom. The van der Waals surface area contributed by atoms with E-state index in [4.69, 9.17) is 0 Å². The van der Waals surface area contributed by atoms with E-state index < -0.39 is 0 Å². The molecule has 0 radical (unpaired) electrons. The van der Waals surface area contributed by atoms with E-state index >= 15 is 0 Å². The quantitative estimate of drug-likeness (QED) is 0.647. The van der Waals surface area contributed by atoms with Gasteiger partial charge in [-0.1, -0.05) is 0 Å². The van der Waals surface area contributed by atoms with E-state index in [0.29, 0.717) is 6.42 Å². The molecular weight excluding hydrogens is 164 g/mol. The van der Waals surface area contributed by atoms with Crippen molar-refractivity contribution in [1.82, 2.24) is 9.78 Å². The first-order valence-electron chi connectivity index (χ1n) is 4.65. The van der Waals surface area contributed by atoms with Crippen LogP contribution in [0.5, 0.6) is 0 Å². The Morgan fingerprint density at radius 3 is 2.85 bits per heavy atom. The first-order valence-corrected chi connectivity index (χ1v) is 4.65. The summed E-state index contributed by atoms with van der Waals surface area (Å²) in [5, 5.41) is 4.08. The van der Waals surface area contributed by atoms with E-state index in [1.807, 2.05) is 19.4 Å². The van der Waals surface area contributed by atoms with Crippen molar-refractivity contribution in [3.8, 4) is 0 Å². The van der Waals surface area contributed by atoms with Crippen molar-refractivity contribution in [2.45, 2.75) is 32.6 Å². The zero-order valence-corrected chi connectivity index (χ0v) is 8.29. The smallest absolute Gasteiger partial charge is 0.129 e. The number of aryl methyl sites for hydroxylation is 2. The third-order valence-corrected chi connectivity index (χ3v) is 2.00. The maximum absolute atomic E-state index is 10.6. The van der Waals surface area contributed by atoms with E-state index in [9.17, 15) is 4.79 Å². The molecule has 0 amide bonds. The lowest BCUT2D eigenvalue weighted by Gasteiger charge is -1.95. The highest BCUT2D eigenvalue weighted by Gasteiger charge is 1.97. The van der Waals surface area contributed by atoms with Crippen LogP contribution in [-0.4, -0.2) is 15.6 Å². The number of ketones is 1. The lowest BCUT2D eigenvalue weighted by molar-refractivity contribution is -0.117. The fourth-order valence-electron chi connectivity index (χ4n) is 1.30. The molecule has 72 valence electrons. The molecule has 0 saturated heterocycles. The Bertz CT molecular complexity index is 278. The van der Waals surface area contributed by atoms with Crippen molar-refractivity contribution >= 4 is 5.78 Å². The Labute approximate surface area is 78.8 Å². The van der Waals surface area contributed by atoms with Gasteiger partial charge in [0.2, 0.25) is 0 Å². The molecule has 3 heteroatoms. The minimum Gasteiger partial charge on any atom is -0.300 e. The number of hydrogen-bond donors (Lipinski definition) is 0. The third-order valence-electron chi connectivity index (χ3n) is 2.00. The van der Waals surface area contributed by atoms with Gasteiger partial charge in [-0.3, -0.25) is 4.68 Å². The molecule has 0 spiro atoms. The highest BCUT2D eigenvalue weighted by Crippen LogP contribution is 2.05. The van der Waals surface area contributed by atoms with Crippen molar-refractivity contribution in [3.63, 3.8) is 0 Å². The SMILES string of the molecule is CC(=O)CCCCc1cnn(C)c1. The van der Waals surface area contributed by atoms with Crippen LogP contribution in [0, 0.1) is 0 Å². The molecule has 0 aromatic carbocycles. The number of aromatic nitrogens is 2. The molecule has 0 aliphatic rings. The zero-order valence-electron chi connectivity index (χ0n) is 8.29. The maximum Gasteiger partial charge on any atom is 0.129 e. The lowest BCUT2D eigenvalue weighted by atomic mass is 10.1. The highest BCUT2D eigenvalue weighted by atomic mass is 16.1. The van der Waals surface area contributed by atoms with Gasteiger partial charge in [0, 0.05) is 19.7 Å². The molecule has 0 unspecified atom stereocenters. The first-order chi connectivity index (χ1) is 6.18. The Hall–Kier alpha value is -1.12. The van der Waals surface area contributed by atoms with Gasteiger partial charge in [-0.25, -0.2) is 0 Å². The van der Waals surface area contributed by atoms with Gasteiger partial charge in [0.05, 0.1) is 6.20 Å². The van der Waals surface area contributed by atoms with Gasteiger partial charge >= 0.3 is 0 Å². The maximum atomic E-state index is 10.6. The van der Waals surface area contributed by atoms with Gasteiger partial charge in [0.15, 0.2) is 0 Å². The van der Waals surface area contributed by atoms with Gasteiger partial charge in [-0.05, 0) is 31.7 Å². The summed E-state index contributed by atoms with van der Waals surface area (Å²) in [5.74, 6) is 0.284. The van der Waals surface area contributed by atoms with Crippen LogP contribution in [0.15, 0.2) is 12.4 Å². The number of unbranched alkanes of at least 4 members (excludes halogenated alkanes) is 1. The number of nitrogens with zero attached hydrogens (tertiary/aromatic N) is 2. The van der Waals surface area contributed by atoms with Crippen molar-refractivity contribution in [3.05, 3.63) is 18.0 Å². The van der Waals surface area contributed by atoms with Gasteiger partial charge in [-0.2, -0.15) is 5.10 Å². The van der Waals surface area contributed by atoms with Crippen LogP contribution in [0.4, 0.5) is 0 Å². The predicted octanol–water partition coefficient (Wildman–Crippen LogP) is 1.72. The summed E-state index contributed by atoms with van der Waals surface area (Å²) in [7, 11) is 1.92. The molecule has 0 aliphatic carbocycles. The van der Waals surface area contributed by atoms with Crippen LogP contribution in [0.2, 0.25) is 0 Å². The molecule has 1 aromatic heterocycles. The van der Waals surface area contributed by atoms with Gasteiger partial charge in [0.1, 0.15) is 5.78 Å². The Morgan fingerprint density at radius 2 is 2.31 bits per heavy atom. The zero-order chi connectivity index (χ0) is 9.68. The predicted molar refractivity (Wildman–Crippen MR) is 51.4 cm³/mol.